The van der Waals surface area contributed by atoms with Crippen LogP contribution in [0.4, 0.5) is 0 Å². The van der Waals surface area contributed by atoms with Gasteiger partial charge in [0.15, 0.2) is 0 Å². The maximum absolute atomic E-state index is 11.0. The largest absolute Gasteiger partial charge is 0.375 e. The Bertz CT molecular complexity index is 188. The molecule has 7 heteroatoms. The summed E-state index contributed by atoms with van der Waals surface area (Å²) in [5, 5.41) is 1.94. The highest BCUT2D eigenvalue weighted by atomic mass is 32.1. The van der Waals surface area contributed by atoms with Crippen LogP contribution in [0.2, 0.25) is 0 Å². The molecule has 0 amide bonds. The predicted molar refractivity (Wildman–Crippen MR) is 41.7 cm³/mol. The highest BCUT2D eigenvalue weighted by Crippen LogP contribution is 2.19. The van der Waals surface area contributed by atoms with Gasteiger partial charge >= 0.3 is 5.97 Å². The molecule has 1 aliphatic heterocycles. The van der Waals surface area contributed by atoms with Gasteiger partial charge in [0.25, 0.3) is 0 Å². The molecule has 6 nitrogen and oxygen atoms in total. The van der Waals surface area contributed by atoms with Gasteiger partial charge in [0, 0.05) is 6.54 Å². The third-order valence-electron chi connectivity index (χ3n) is 1.65. The van der Waals surface area contributed by atoms with Crippen molar-refractivity contribution in [2.45, 2.75) is 18.9 Å². The van der Waals surface area contributed by atoms with Crippen LogP contribution in [0.15, 0.2) is 5.34 Å². The maximum Gasteiger partial charge on any atom is 0.375 e. The van der Waals surface area contributed by atoms with Gasteiger partial charge < -0.3 is 0 Å². The minimum atomic E-state index is -0.637. The van der Waals surface area contributed by atoms with Crippen molar-refractivity contribution in [3.8, 4) is 0 Å². The molecule has 1 rings (SSSR count). The normalized spacial score (nSPS) is 23.6. The number of rotatable bonds is 3. The van der Waals surface area contributed by atoms with Crippen LogP contribution >= 0.6 is 12.8 Å². The molecule has 1 heterocycles. The number of hydrogen-bond acceptors (Lipinski definition) is 7. The van der Waals surface area contributed by atoms with E-state index in [1.165, 1.54) is 4.31 Å². The first kappa shape index (κ1) is 9.27. The lowest BCUT2D eigenvalue weighted by Crippen LogP contribution is -2.30. The Labute approximate surface area is 74.2 Å². The predicted octanol–water partition coefficient (Wildman–Crippen LogP) is 0.452. The molecule has 0 aromatic carbocycles. The summed E-state index contributed by atoms with van der Waals surface area (Å²) in [6.45, 7) is 0.720. The molecule has 0 N–H and O–H groups in total. The van der Waals surface area contributed by atoms with Gasteiger partial charge in [0.1, 0.15) is 6.04 Å². The minimum absolute atomic E-state index is 0.435. The standard InChI is InChI=1S/C5H8N2O4S/c8-5(10-11-6-9)4-2-1-3-7(4)12/h4,12H,1-3H2. The number of nitrogens with zero attached hydrogens (tertiary/aromatic N) is 2. The molecule has 12 heavy (non-hydrogen) atoms. The third-order valence-corrected chi connectivity index (χ3v) is 2.13. The molecule has 0 aromatic heterocycles. The fourth-order valence-corrected chi connectivity index (χ4v) is 1.45. The molecule has 68 valence electrons. The van der Waals surface area contributed by atoms with Crippen molar-refractivity contribution < 1.29 is 14.7 Å². The fourth-order valence-electron chi connectivity index (χ4n) is 1.10. The van der Waals surface area contributed by atoms with Crippen LogP contribution in [0.5, 0.6) is 0 Å². The summed E-state index contributed by atoms with van der Waals surface area (Å²) < 4.78 is 1.54. The zero-order valence-electron chi connectivity index (χ0n) is 6.17. The van der Waals surface area contributed by atoms with Crippen molar-refractivity contribution in [2.24, 2.45) is 5.34 Å². The van der Waals surface area contributed by atoms with E-state index in [0.29, 0.717) is 6.42 Å². The molecular weight excluding hydrogens is 184 g/mol. The Morgan fingerprint density at radius 1 is 1.67 bits per heavy atom. The van der Waals surface area contributed by atoms with E-state index in [2.05, 4.69) is 22.7 Å². The number of thiol groups is 1. The molecule has 1 unspecified atom stereocenters. The van der Waals surface area contributed by atoms with E-state index in [4.69, 9.17) is 0 Å². The van der Waals surface area contributed by atoms with Gasteiger partial charge in [0.2, 0.25) is 5.34 Å². The van der Waals surface area contributed by atoms with E-state index in [-0.39, 0.29) is 0 Å². The highest BCUT2D eigenvalue weighted by Gasteiger charge is 2.31. The van der Waals surface area contributed by atoms with Crippen molar-refractivity contribution in [2.75, 3.05) is 6.54 Å². The molecule has 1 saturated heterocycles. The van der Waals surface area contributed by atoms with E-state index in [1.54, 1.807) is 0 Å². The summed E-state index contributed by atoms with van der Waals surface area (Å²) in [5.41, 5.74) is 0. The Hall–Kier alpha value is -0.820. The van der Waals surface area contributed by atoms with Crippen molar-refractivity contribution in [3.63, 3.8) is 0 Å². The van der Waals surface area contributed by atoms with Crippen LogP contribution in [-0.2, 0) is 14.7 Å². The van der Waals surface area contributed by atoms with E-state index in [9.17, 15) is 9.70 Å². The summed E-state index contributed by atoms with van der Waals surface area (Å²) in [4.78, 5) is 28.1. The summed E-state index contributed by atoms with van der Waals surface area (Å²) in [6, 6.07) is -0.435. The summed E-state index contributed by atoms with van der Waals surface area (Å²) >= 11 is 4.02. The molecule has 0 spiro atoms. The Kier molecular flexibility index (Phi) is 3.30. The van der Waals surface area contributed by atoms with Gasteiger partial charge in [-0.3, -0.25) is 0 Å². The lowest BCUT2D eigenvalue weighted by molar-refractivity contribution is -0.277. The third kappa shape index (κ3) is 2.08. The average molecular weight is 192 g/mol. The van der Waals surface area contributed by atoms with Gasteiger partial charge in [-0.1, -0.05) is 12.8 Å². The van der Waals surface area contributed by atoms with Crippen molar-refractivity contribution in [1.82, 2.24) is 4.31 Å². The first-order valence-electron chi connectivity index (χ1n) is 3.41. The van der Waals surface area contributed by atoms with Crippen LogP contribution in [0.25, 0.3) is 0 Å². The van der Waals surface area contributed by atoms with Crippen LogP contribution in [0.3, 0.4) is 0 Å². The van der Waals surface area contributed by atoms with Crippen molar-refractivity contribution in [1.29, 1.82) is 0 Å². The second-order valence-electron chi connectivity index (χ2n) is 2.37. The SMILES string of the molecule is O=NOOC(=O)C1CCCN1S. The Morgan fingerprint density at radius 2 is 2.42 bits per heavy atom. The highest BCUT2D eigenvalue weighted by molar-refractivity contribution is 7.77. The number of carbonyl (C=O) groups is 1. The second-order valence-corrected chi connectivity index (χ2v) is 2.89. The first-order valence-corrected chi connectivity index (χ1v) is 3.81. The zero-order chi connectivity index (χ0) is 8.97. The molecule has 1 fully saturated rings. The summed E-state index contributed by atoms with van der Waals surface area (Å²) in [5.74, 6) is -0.637. The summed E-state index contributed by atoms with van der Waals surface area (Å²) in [6.07, 6.45) is 1.53. The smallest absolute Gasteiger partial charge is 0.245 e. The van der Waals surface area contributed by atoms with Crippen LogP contribution in [-0.4, -0.2) is 22.9 Å². The van der Waals surface area contributed by atoms with E-state index in [1.807, 2.05) is 5.34 Å². The van der Waals surface area contributed by atoms with Crippen LogP contribution in [0.1, 0.15) is 12.8 Å². The lowest BCUT2D eigenvalue weighted by atomic mass is 10.2. The monoisotopic (exact) mass is 192 g/mol. The molecule has 0 aromatic rings. The van der Waals surface area contributed by atoms with E-state index in [0.717, 1.165) is 13.0 Å². The molecule has 1 atom stereocenters. The molecule has 0 saturated carbocycles. The van der Waals surface area contributed by atoms with Gasteiger partial charge in [-0.15, -0.1) is 9.90 Å². The number of carbonyl (C=O) groups excluding carboxylic acids is 1. The zero-order valence-corrected chi connectivity index (χ0v) is 7.07. The first-order chi connectivity index (χ1) is 5.75. The average Bonchev–Trinajstić information content (AvgIpc) is 2.47. The van der Waals surface area contributed by atoms with Gasteiger partial charge in [-0.05, 0) is 12.8 Å². The minimum Gasteiger partial charge on any atom is -0.245 e. The van der Waals surface area contributed by atoms with Gasteiger partial charge in [0.05, 0.1) is 0 Å². The van der Waals surface area contributed by atoms with Gasteiger partial charge in [-0.25, -0.2) is 14.0 Å². The topological polar surface area (TPSA) is 68.2 Å². The summed E-state index contributed by atoms with van der Waals surface area (Å²) in [7, 11) is 0. The van der Waals surface area contributed by atoms with Crippen molar-refractivity contribution in [3.05, 3.63) is 4.91 Å². The maximum atomic E-state index is 11.0. The van der Waals surface area contributed by atoms with Crippen LogP contribution < -0.4 is 0 Å². The lowest BCUT2D eigenvalue weighted by Gasteiger charge is -2.13. The number of hydrogen-bond donors (Lipinski definition) is 1. The van der Waals surface area contributed by atoms with Gasteiger partial charge in [-0.2, -0.15) is 0 Å². The Morgan fingerprint density at radius 3 is 2.92 bits per heavy atom. The molecule has 0 aliphatic carbocycles. The van der Waals surface area contributed by atoms with E-state index >= 15 is 0 Å². The van der Waals surface area contributed by atoms with E-state index < -0.39 is 12.0 Å². The van der Waals surface area contributed by atoms with Crippen molar-refractivity contribution >= 4 is 18.8 Å². The fraction of sp³-hybridized carbons (Fsp3) is 0.800. The Balaban J connectivity index is 2.35. The molecular formula is C5H8N2O4S. The van der Waals surface area contributed by atoms with Crippen LogP contribution in [0, 0.1) is 4.91 Å². The molecule has 1 aliphatic rings. The molecule has 0 radical (unpaired) electrons. The quantitative estimate of drug-likeness (QED) is 0.304. The molecule has 0 bridgehead atoms. The second kappa shape index (κ2) is 4.27.